The first-order valence-corrected chi connectivity index (χ1v) is 4.20. The lowest BCUT2D eigenvalue weighted by atomic mass is 10.3. The summed E-state index contributed by atoms with van der Waals surface area (Å²) in [5.74, 6) is -0.982. The van der Waals surface area contributed by atoms with Gasteiger partial charge in [-0.1, -0.05) is 12.2 Å². The maximum absolute atomic E-state index is 10.8. The summed E-state index contributed by atoms with van der Waals surface area (Å²) in [6, 6.07) is 0. The zero-order valence-corrected chi connectivity index (χ0v) is 7.81. The molecule has 0 saturated carbocycles. The lowest BCUT2D eigenvalue weighted by Gasteiger charge is -1.98. The fourth-order valence-corrected chi connectivity index (χ4v) is 1.17. The van der Waals surface area contributed by atoms with Gasteiger partial charge < -0.3 is 9.67 Å². The number of hydrogen-bond donors (Lipinski definition) is 1. The number of aromatic carboxylic acids is 1. The number of allylic oxidation sites excluding steroid dienone is 2. The molecule has 14 heavy (non-hydrogen) atoms. The third-order valence-electron chi connectivity index (χ3n) is 1.70. The average molecular weight is 192 g/mol. The van der Waals surface area contributed by atoms with Crippen LogP contribution in [0.25, 0.3) is 0 Å². The number of carboxylic acids is 1. The Hall–Kier alpha value is -1.84. The van der Waals surface area contributed by atoms with Gasteiger partial charge in [0.05, 0.1) is 5.69 Å². The first-order chi connectivity index (χ1) is 6.69. The number of carbonyl (C=O) groups is 1. The van der Waals surface area contributed by atoms with Gasteiger partial charge in [0.25, 0.3) is 0 Å². The van der Waals surface area contributed by atoms with E-state index < -0.39 is 5.97 Å². The van der Waals surface area contributed by atoms with Crippen LogP contribution in [0.1, 0.15) is 16.3 Å². The van der Waals surface area contributed by atoms with E-state index in [1.807, 2.05) is 0 Å². The van der Waals surface area contributed by atoms with Crippen LogP contribution in [-0.2, 0) is 13.0 Å². The molecule has 0 radical (unpaired) electrons. The zero-order chi connectivity index (χ0) is 10.6. The quantitative estimate of drug-likeness (QED) is 0.719. The zero-order valence-electron chi connectivity index (χ0n) is 7.81. The summed E-state index contributed by atoms with van der Waals surface area (Å²) >= 11 is 0. The first kappa shape index (κ1) is 10.2. The van der Waals surface area contributed by atoms with Gasteiger partial charge in [0, 0.05) is 19.2 Å². The van der Waals surface area contributed by atoms with Gasteiger partial charge >= 0.3 is 5.97 Å². The van der Waals surface area contributed by atoms with E-state index in [9.17, 15) is 4.79 Å². The molecule has 1 heterocycles. The van der Waals surface area contributed by atoms with E-state index in [1.165, 1.54) is 0 Å². The van der Waals surface area contributed by atoms with Gasteiger partial charge in [-0.3, -0.25) is 0 Å². The van der Waals surface area contributed by atoms with Crippen molar-refractivity contribution in [1.82, 2.24) is 9.55 Å². The highest BCUT2D eigenvalue weighted by Gasteiger charge is 2.12. The van der Waals surface area contributed by atoms with Crippen LogP contribution in [0.15, 0.2) is 31.5 Å². The van der Waals surface area contributed by atoms with Crippen molar-refractivity contribution in [2.75, 3.05) is 0 Å². The van der Waals surface area contributed by atoms with Crippen molar-refractivity contribution in [1.29, 1.82) is 0 Å². The van der Waals surface area contributed by atoms with Gasteiger partial charge in [-0.05, 0) is 0 Å². The Kier molecular flexibility index (Phi) is 3.23. The number of hydrogen-bond acceptors (Lipinski definition) is 2. The molecule has 0 amide bonds. The van der Waals surface area contributed by atoms with Gasteiger partial charge in [0.1, 0.15) is 0 Å². The number of aromatic nitrogens is 2. The molecule has 0 aromatic carbocycles. The summed E-state index contributed by atoms with van der Waals surface area (Å²) in [6.07, 6.45) is 5.59. The minimum Gasteiger partial charge on any atom is -0.475 e. The number of imidazole rings is 1. The molecule has 4 nitrogen and oxygen atoms in total. The summed E-state index contributed by atoms with van der Waals surface area (Å²) in [5.41, 5.74) is 0.708. The van der Waals surface area contributed by atoms with Crippen molar-refractivity contribution in [2.24, 2.45) is 0 Å². The van der Waals surface area contributed by atoms with Crippen LogP contribution in [0.2, 0.25) is 0 Å². The van der Waals surface area contributed by atoms with Crippen LogP contribution in [0.3, 0.4) is 0 Å². The van der Waals surface area contributed by atoms with Crippen molar-refractivity contribution in [3.63, 3.8) is 0 Å². The molecule has 0 fully saturated rings. The highest BCUT2D eigenvalue weighted by molar-refractivity contribution is 5.83. The second-order valence-electron chi connectivity index (χ2n) is 2.79. The van der Waals surface area contributed by atoms with E-state index in [0.717, 1.165) is 0 Å². The second kappa shape index (κ2) is 4.41. The van der Waals surface area contributed by atoms with Gasteiger partial charge in [-0.2, -0.15) is 0 Å². The third-order valence-corrected chi connectivity index (χ3v) is 1.70. The van der Waals surface area contributed by atoms with Crippen molar-refractivity contribution in [3.8, 4) is 0 Å². The molecule has 74 valence electrons. The Morgan fingerprint density at radius 2 is 2.29 bits per heavy atom. The largest absolute Gasteiger partial charge is 0.475 e. The molecule has 0 aliphatic heterocycles. The average Bonchev–Trinajstić information content (AvgIpc) is 2.49. The molecule has 0 aliphatic rings. The number of carboxylic acid groups (broad SMARTS) is 1. The summed E-state index contributed by atoms with van der Waals surface area (Å²) in [7, 11) is 0. The predicted molar refractivity (Wildman–Crippen MR) is 53.3 cm³/mol. The molecule has 1 N–H and O–H groups in total. The first-order valence-electron chi connectivity index (χ1n) is 4.20. The fraction of sp³-hybridized carbons (Fsp3) is 0.200. The van der Waals surface area contributed by atoms with Gasteiger partial charge in [0.2, 0.25) is 5.82 Å². The van der Waals surface area contributed by atoms with Gasteiger partial charge in [-0.25, -0.2) is 9.78 Å². The number of rotatable bonds is 5. The standard InChI is InChI=1S/C10H12N2O2/c1-3-5-8-7-12(6-4-2)9(11-8)10(13)14/h3-4,7H,1-2,5-6H2,(H,13,14). The van der Waals surface area contributed by atoms with Gasteiger partial charge in [-0.15, -0.1) is 13.2 Å². The van der Waals surface area contributed by atoms with E-state index in [2.05, 4.69) is 18.1 Å². The lowest BCUT2D eigenvalue weighted by Crippen LogP contribution is -2.08. The van der Waals surface area contributed by atoms with Crippen molar-refractivity contribution in [3.05, 3.63) is 43.0 Å². The smallest absolute Gasteiger partial charge is 0.372 e. The van der Waals surface area contributed by atoms with E-state index in [1.54, 1.807) is 22.9 Å². The monoisotopic (exact) mass is 192 g/mol. The summed E-state index contributed by atoms with van der Waals surface area (Å²) in [5, 5.41) is 8.83. The van der Waals surface area contributed by atoms with Crippen LogP contribution in [0.4, 0.5) is 0 Å². The molecule has 0 atom stereocenters. The molecule has 0 saturated heterocycles. The van der Waals surface area contributed by atoms with E-state index in [0.29, 0.717) is 18.7 Å². The molecule has 0 spiro atoms. The van der Waals surface area contributed by atoms with Crippen molar-refractivity contribution in [2.45, 2.75) is 13.0 Å². The Morgan fingerprint density at radius 1 is 1.57 bits per heavy atom. The SMILES string of the molecule is C=CCc1cn(CC=C)c(C(=O)O)n1. The van der Waals surface area contributed by atoms with Crippen LogP contribution < -0.4 is 0 Å². The van der Waals surface area contributed by atoms with Crippen molar-refractivity contribution < 1.29 is 9.90 Å². The molecule has 1 rings (SSSR count). The molecular weight excluding hydrogens is 180 g/mol. The van der Waals surface area contributed by atoms with Crippen molar-refractivity contribution >= 4 is 5.97 Å². The van der Waals surface area contributed by atoms with E-state index in [-0.39, 0.29) is 5.82 Å². The normalized spacial score (nSPS) is 9.71. The van der Waals surface area contributed by atoms with Crippen LogP contribution >= 0.6 is 0 Å². The highest BCUT2D eigenvalue weighted by Crippen LogP contribution is 2.05. The predicted octanol–water partition coefficient (Wildman–Crippen LogP) is 1.50. The molecule has 0 bridgehead atoms. The Morgan fingerprint density at radius 3 is 2.79 bits per heavy atom. The Labute approximate surface area is 82.2 Å². The van der Waals surface area contributed by atoms with E-state index >= 15 is 0 Å². The summed E-state index contributed by atoms with van der Waals surface area (Å²) in [6.45, 7) is 7.57. The Balaban J connectivity index is 3.04. The molecule has 0 aliphatic carbocycles. The molecular formula is C10H12N2O2. The Bertz CT molecular complexity index is 366. The van der Waals surface area contributed by atoms with Crippen LogP contribution in [-0.4, -0.2) is 20.6 Å². The second-order valence-corrected chi connectivity index (χ2v) is 2.79. The topological polar surface area (TPSA) is 55.1 Å². The minimum atomic E-state index is -1.03. The number of nitrogens with zero attached hydrogens (tertiary/aromatic N) is 2. The van der Waals surface area contributed by atoms with Crippen LogP contribution in [0.5, 0.6) is 0 Å². The summed E-state index contributed by atoms with van der Waals surface area (Å²) < 4.78 is 1.55. The van der Waals surface area contributed by atoms with Crippen LogP contribution in [0, 0.1) is 0 Å². The van der Waals surface area contributed by atoms with E-state index in [4.69, 9.17) is 5.11 Å². The lowest BCUT2D eigenvalue weighted by molar-refractivity contribution is 0.0679. The third kappa shape index (κ3) is 2.10. The summed E-state index contributed by atoms with van der Waals surface area (Å²) in [4.78, 5) is 14.7. The highest BCUT2D eigenvalue weighted by atomic mass is 16.4. The maximum atomic E-state index is 10.8. The molecule has 4 heteroatoms. The fourth-order valence-electron chi connectivity index (χ4n) is 1.17. The molecule has 1 aromatic rings. The van der Waals surface area contributed by atoms with Gasteiger partial charge in [0.15, 0.2) is 0 Å². The molecule has 0 unspecified atom stereocenters. The minimum absolute atomic E-state index is 0.0433. The molecule has 1 aromatic heterocycles. The maximum Gasteiger partial charge on any atom is 0.372 e.